The molecule has 2 N–H and O–H groups in total. The zero-order valence-corrected chi connectivity index (χ0v) is 17.3. The average molecular weight is 436 g/mol. The number of hydrogen-bond acceptors (Lipinski definition) is 5. The minimum absolute atomic E-state index is 0.0496. The SMILES string of the molecule is C[C@@H]1CN(CC2(CO)CC2)CCN1S(=O)(=O)c1ccc(C(C)(O)C(F)(F)F)cc1. The third-order valence-electron chi connectivity index (χ3n) is 6.08. The molecule has 10 heteroatoms. The van der Waals surface area contributed by atoms with Crippen LogP contribution >= 0.6 is 0 Å². The van der Waals surface area contributed by atoms with Gasteiger partial charge in [0.1, 0.15) is 0 Å². The third kappa shape index (κ3) is 4.32. The second-order valence-electron chi connectivity index (χ2n) is 8.45. The van der Waals surface area contributed by atoms with Crippen molar-refractivity contribution < 1.29 is 31.8 Å². The highest BCUT2D eigenvalue weighted by Gasteiger charge is 2.51. The topological polar surface area (TPSA) is 81.1 Å². The summed E-state index contributed by atoms with van der Waals surface area (Å²) in [5, 5.41) is 19.2. The normalized spacial score (nSPS) is 25.6. The van der Waals surface area contributed by atoms with Crippen molar-refractivity contribution in [1.82, 2.24) is 9.21 Å². The summed E-state index contributed by atoms with van der Waals surface area (Å²) in [6, 6.07) is 3.91. The number of hydrogen-bond donors (Lipinski definition) is 2. The van der Waals surface area contributed by atoms with E-state index < -0.39 is 27.4 Å². The molecule has 1 unspecified atom stereocenters. The lowest BCUT2D eigenvalue weighted by atomic mass is 9.96. The van der Waals surface area contributed by atoms with Gasteiger partial charge in [0.25, 0.3) is 0 Å². The molecule has 2 aliphatic rings. The molecule has 0 radical (unpaired) electrons. The van der Waals surface area contributed by atoms with Crippen molar-refractivity contribution in [2.45, 2.75) is 49.4 Å². The molecule has 164 valence electrons. The molecule has 2 fully saturated rings. The molecule has 1 saturated heterocycles. The van der Waals surface area contributed by atoms with Gasteiger partial charge in [-0.05, 0) is 44.4 Å². The summed E-state index contributed by atoms with van der Waals surface area (Å²) in [6.07, 6.45) is -2.92. The molecule has 1 aliphatic carbocycles. The van der Waals surface area contributed by atoms with Gasteiger partial charge in [-0.1, -0.05) is 12.1 Å². The van der Waals surface area contributed by atoms with Crippen LogP contribution in [0.15, 0.2) is 29.2 Å². The van der Waals surface area contributed by atoms with Gasteiger partial charge in [-0.25, -0.2) is 8.42 Å². The number of rotatable bonds is 6. The monoisotopic (exact) mass is 436 g/mol. The maximum absolute atomic E-state index is 13.0. The fraction of sp³-hybridized carbons (Fsp3) is 0.684. The van der Waals surface area contributed by atoms with Crippen LogP contribution < -0.4 is 0 Å². The Morgan fingerprint density at radius 3 is 2.21 bits per heavy atom. The number of halogens is 3. The minimum Gasteiger partial charge on any atom is -0.396 e. The largest absolute Gasteiger partial charge is 0.421 e. The predicted octanol–water partition coefficient (Wildman–Crippen LogP) is 1.92. The number of sulfonamides is 1. The van der Waals surface area contributed by atoms with Crippen LogP contribution in [0.1, 0.15) is 32.3 Å². The lowest BCUT2D eigenvalue weighted by Crippen LogP contribution is -2.55. The molecule has 1 aromatic carbocycles. The van der Waals surface area contributed by atoms with Gasteiger partial charge in [0.2, 0.25) is 10.0 Å². The molecule has 1 heterocycles. The summed E-state index contributed by atoms with van der Waals surface area (Å²) in [7, 11) is -3.87. The van der Waals surface area contributed by atoms with Crippen molar-refractivity contribution in [2.75, 3.05) is 32.8 Å². The van der Waals surface area contributed by atoms with E-state index in [2.05, 4.69) is 4.90 Å². The molecule has 1 saturated carbocycles. The zero-order chi connectivity index (χ0) is 21.7. The molecule has 6 nitrogen and oxygen atoms in total. The number of alkyl halides is 3. The lowest BCUT2D eigenvalue weighted by molar-refractivity contribution is -0.258. The Hall–Kier alpha value is -1.20. The molecular formula is C19H27F3N2O4S. The molecule has 0 bridgehead atoms. The first-order valence-electron chi connectivity index (χ1n) is 9.57. The van der Waals surface area contributed by atoms with E-state index in [0.717, 1.165) is 43.7 Å². The first-order valence-corrected chi connectivity index (χ1v) is 11.0. The van der Waals surface area contributed by atoms with E-state index in [0.29, 0.717) is 20.0 Å². The second-order valence-corrected chi connectivity index (χ2v) is 10.3. The van der Waals surface area contributed by atoms with Crippen molar-refractivity contribution in [1.29, 1.82) is 0 Å². The van der Waals surface area contributed by atoms with Gasteiger partial charge in [0, 0.05) is 44.2 Å². The average Bonchev–Trinajstić information content (AvgIpc) is 3.40. The Bertz CT molecular complexity index is 836. The van der Waals surface area contributed by atoms with Crippen LogP contribution in [0.5, 0.6) is 0 Å². The summed E-state index contributed by atoms with van der Waals surface area (Å²) < 4.78 is 66.3. The third-order valence-corrected chi connectivity index (χ3v) is 8.10. The predicted molar refractivity (Wildman–Crippen MR) is 101 cm³/mol. The number of nitrogens with zero attached hydrogens (tertiary/aromatic N) is 2. The van der Waals surface area contributed by atoms with Gasteiger partial charge in [-0.15, -0.1) is 0 Å². The molecule has 1 aliphatic heterocycles. The molecule has 29 heavy (non-hydrogen) atoms. The van der Waals surface area contributed by atoms with E-state index in [1.165, 1.54) is 4.31 Å². The molecule has 0 amide bonds. The second kappa shape index (κ2) is 7.49. The summed E-state index contributed by atoms with van der Waals surface area (Å²) in [5.41, 5.74) is -3.52. The standard InChI is InChI=1S/C19H27F3N2O4S/c1-14-11-23(12-18(13-25)7-8-18)9-10-24(14)29(27,28)16-5-3-15(4-6-16)17(2,26)19(20,21)22/h3-6,14,25-26H,7-13H2,1-2H3/t14-,17?/m1/s1. The van der Waals surface area contributed by atoms with Gasteiger partial charge in [0.15, 0.2) is 5.60 Å². The van der Waals surface area contributed by atoms with Crippen molar-refractivity contribution in [3.63, 3.8) is 0 Å². The molecule has 0 aromatic heterocycles. The summed E-state index contributed by atoms with van der Waals surface area (Å²) in [4.78, 5) is 2.05. The summed E-state index contributed by atoms with van der Waals surface area (Å²) >= 11 is 0. The maximum Gasteiger partial charge on any atom is 0.421 e. The number of piperazine rings is 1. The Morgan fingerprint density at radius 2 is 1.76 bits per heavy atom. The van der Waals surface area contributed by atoms with E-state index in [1.54, 1.807) is 6.92 Å². The van der Waals surface area contributed by atoms with Gasteiger partial charge < -0.3 is 10.2 Å². The van der Waals surface area contributed by atoms with Gasteiger partial charge >= 0.3 is 6.18 Å². The summed E-state index contributed by atoms with van der Waals surface area (Å²) in [6.45, 7) is 4.64. The highest BCUT2D eigenvalue weighted by molar-refractivity contribution is 7.89. The fourth-order valence-electron chi connectivity index (χ4n) is 3.78. The van der Waals surface area contributed by atoms with Crippen LogP contribution in [-0.4, -0.2) is 72.8 Å². The van der Waals surface area contributed by atoms with Crippen molar-refractivity contribution in [2.24, 2.45) is 5.41 Å². The quantitative estimate of drug-likeness (QED) is 0.712. The van der Waals surface area contributed by atoms with Crippen molar-refractivity contribution >= 4 is 10.0 Å². The smallest absolute Gasteiger partial charge is 0.396 e. The van der Waals surface area contributed by atoms with Crippen LogP contribution in [0.2, 0.25) is 0 Å². The van der Waals surface area contributed by atoms with Crippen LogP contribution in [0, 0.1) is 5.41 Å². The zero-order valence-electron chi connectivity index (χ0n) is 16.5. The van der Waals surface area contributed by atoms with Gasteiger partial charge in [0.05, 0.1) is 4.90 Å². The lowest BCUT2D eigenvalue weighted by Gasteiger charge is -2.40. The van der Waals surface area contributed by atoms with Crippen LogP contribution in [0.25, 0.3) is 0 Å². The number of benzene rings is 1. The number of aliphatic hydroxyl groups is 2. The van der Waals surface area contributed by atoms with E-state index in [-0.39, 0.29) is 29.5 Å². The minimum atomic E-state index is -4.87. The molecule has 3 rings (SSSR count). The highest BCUT2D eigenvalue weighted by atomic mass is 32.2. The van der Waals surface area contributed by atoms with E-state index >= 15 is 0 Å². The molecule has 0 spiro atoms. The van der Waals surface area contributed by atoms with Gasteiger partial charge in [-0.2, -0.15) is 17.5 Å². The molecule has 1 aromatic rings. The molecule has 2 atom stereocenters. The van der Waals surface area contributed by atoms with E-state index in [4.69, 9.17) is 0 Å². The molecular weight excluding hydrogens is 409 g/mol. The Balaban J connectivity index is 1.72. The highest BCUT2D eigenvalue weighted by Crippen LogP contribution is 2.46. The Morgan fingerprint density at radius 1 is 1.17 bits per heavy atom. The van der Waals surface area contributed by atoms with Gasteiger partial charge in [-0.3, -0.25) is 4.90 Å². The Labute approximate surface area is 169 Å². The van der Waals surface area contributed by atoms with E-state index in [9.17, 15) is 31.8 Å². The first kappa shape index (κ1) is 22.5. The van der Waals surface area contributed by atoms with Crippen LogP contribution in [-0.2, 0) is 15.6 Å². The Kier molecular flexibility index (Phi) is 5.81. The van der Waals surface area contributed by atoms with Crippen LogP contribution in [0.3, 0.4) is 0 Å². The first-order chi connectivity index (χ1) is 13.3. The van der Waals surface area contributed by atoms with Crippen LogP contribution in [0.4, 0.5) is 13.2 Å². The van der Waals surface area contributed by atoms with Crippen molar-refractivity contribution in [3.8, 4) is 0 Å². The number of aliphatic hydroxyl groups excluding tert-OH is 1. The van der Waals surface area contributed by atoms with E-state index in [1.807, 2.05) is 0 Å². The van der Waals surface area contributed by atoms with Crippen molar-refractivity contribution in [3.05, 3.63) is 29.8 Å². The fourth-order valence-corrected chi connectivity index (χ4v) is 5.40. The summed E-state index contributed by atoms with van der Waals surface area (Å²) in [5.74, 6) is 0. The maximum atomic E-state index is 13.0.